The van der Waals surface area contributed by atoms with Crippen molar-refractivity contribution in [2.45, 2.75) is 31.4 Å². The molecule has 4 nitrogen and oxygen atoms in total. The highest BCUT2D eigenvalue weighted by molar-refractivity contribution is 7.89. The van der Waals surface area contributed by atoms with E-state index >= 15 is 0 Å². The number of rotatable bonds is 6. The van der Waals surface area contributed by atoms with E-state index in [1.807, 2.05) is 6.92 Å². The summed E-state index contributed by atoms with van der Waals surface area (Å²) in [7, 11) is -1.83. The van der Waals surface area contributed by atoms with Crippen LogP contribution in [0.5, 0.6) is 0 Å². The van der Waals surface area contributed by atoms with Crippen molar-refractivity contribution < 1.29 is 13.2 Å². The summed E-state index contributed by atoms with van der Waals surface area (Å²) in [6.07, 6.45) is 5.10. The molecule has 0 unspecified atom stereocenters. The number of sulfonamides is 1. The Balaban J connectivity index is 3.95. The van der Waals surface area contributed by atoms with Crippen molar-refractivity contribution >= 4 is 10.0 Å². The number of hydrogen-bond donors (Lipinski definition) is 1. The predicted octanol–water partition coefficient (Wildman–Crippen LogP) is 0.994. The van der Waals surface area contributed by atoms with Gasteiger partial charge >= 0.3 is 0 Å². The van der Waals surface area contributed by atoms with Gasteiger partial charge in [0.15, 0.2) is 0 Å². The zero-order valence-electron chi connectivity index (χ0n) is 8.06. The number of primary sulfonamides is 1. The van der Waals surface area contributed by atoms with Crippen molar-refractivity contribution in [1.82, 2.24) is 0 Å². The summed E-state index contributed by atoms with van der Waals surface area (Å²) in [4.78, 5) is 0. The van der Waals surface area contributed by atoms with Crippen LogP contribution < -0.4 is 5.14 Å². The van der Waals surface area contributed by atoms with Gasteiger partial charge in [0.05, 0.1) is 18.6 Å². The summed E-state index contributed by atoms with van der Waals surface area (Å²) in [5, 5.41) is 4.59. The Morgan fingerprint density at radius 1 is 1.54 bits per heavy atom. The van der Waals surface area contributed by atoms with Gasteiger partial charge in [-0.05, 0) is 25.3 Å². The predicted molar refractivity (Wildman–Crippen MR) is 52.6 cm³/mol. The van der Waals surface area contributed by atoms with Gasteiger partial charge in [0, 0.05) is 0 Å². The number of methoxy groups -OCH3 is 1. The van der Waals surface area contributed by atoms with Gasteiger partial charge in [0.1, 0.15) is 0 Å². The van der Waals surface area contributed by atoms with E-state index in [0.717, 1.165) is 0 Å². The van der Waals surface area contributed by atoms with Gasteiger partial charge in [-0.15, -0.1) is 0 Å². The molecule has 0 heterocycles. The Morgan fingerprint density at radius 3 is 2.54 bits per heavy atom. The molecule has 1 atom stereocenters. The van der Waals surface area contributed by atoms with Crippen LogP contribution in [0.1, 0.15) is 26.2 Å². The molecule has 0 aliphatic rings. The van der Waals surface area contributed by atoms with Crippen molar-refractivity contribution in [3.63, 3.8) is 0 Å². The lowest BCUT2D eigenvalue weighted by Gasteiger charge is -2.09. The van der Waals surface area contributed by atoms with Crippen LogP contribution in [0.2, 0.25) is 0 Å². The van der Waals surface area contributed by atoms with Gasteiger partial charge in [-0.2, -0.15) is 0 Å². The number of allylic oxidation sites excluding steroid dienone is 1. The zero-order valence-corrected chi connectivity index (χ0v) is 8.88. The van der Waals surface area contributed by atoms with Crippen molar-refractivity contribution in [2.75, 3.05) is 7.11 Å². The highest BCUT2D eigenvalue weighted by atomic mass is 32.2. The number of ether oxygens (including phenoxy) is 1. The maximum absolute atomic E-state index is 10.9. The Kier molecular flexibility index (Phi) is 5.73. The number of nitrogens with two attached hydrogens (primary N) is 1. The molecule has 0 fully saturated rings. The average Bonchev–Trinajstić information content (AvgIpc) is 2.02. The smallest absolute Gasteiger partial charge is 0.211 e. The van der Waals surface area contributed by atoms with Crippen LogP contribution in [0, 0.1) is 0 Å². The van der Waals surface area contributed by atoms with Gasteiger partial charge in [0.2, 0.25) is 10.0 Å². The fourth-order valence-corrected chi connectivity index (χ4v) is 1.98. The molecule has 0 bridgehead atoms. The molecule has 0 rings (SSSR count). The van der Waals surface area contributed by atoms with Crippen LogP contribution in [0.25, 0.3) is 0 Å². The first kappa shape index (κ1) is 12.4. The standard InChI is InChI=1S/C8H17NO3S/c1-3-8(13(9,10)11)6-4-5-7-12-2/h5,7-8H,3-4,6H2,1-2H3,(H2,9,10,11)/t8-/m1/s1. The molecule has 0 saturated carbocycles. The van der Waals surface area contributed by atoms with Crippen molar-refractivity contribution in [3.8, 4) is 0 Å². The van der Waals surface area contributed by atoms with Gasteiger partial charge in [-0.3, -0.25) is 0 Å². The third-order valence-corrected chi connectivity index (χ3v) is 3.31. The Hall–Kier alpha value is -0.550. The van der Waals surface area contributed by atoms with Gasteiger partial charge in [-0.25, -0.2) is 13.6 Å². The van der Waals surface area contributed by atoms with E-state index in [4.69, 9.17) is 5.14 Å². The second kappa shape index (κ2) is 5.99. The number of hydrogen-bond acceptors (Lipinski definition) is 3. The SMILES string of the molecule is CC[C@H](CCC=COC)S(N)(=O)=O. The highest BCUT2D eigenvalue weighted by Gasteiger charge is 2.17. The third-order valence-electron chi connectivity index (χ3n) is 1.81. The van der Waals surface area contributed by atoms with E-state index in [9.17, 15) is 8.42 Å². The normalized spacial score (nSPS) is 14.7. The third kappa shape index (κ3) is 5.65. The van der Waals surface area contributed by atoms with Gasteiger partial charge in [-0.1, -0.05) is 6.92 Å². The summed E-state index contributed by atoms with van der Waals surface area (Å²) >= 11 is 0. The molecule has 13 heavy (non-hydrogen) atoms. The molecule has 2 N–H and O–H groups in total. The fourth-order valence-electron chi connectivity index (χ4n) is 1.05. The lowest BCUT2D eigenvalue weighted by atomic mass is 10.2. The molecular weight excluding hydrogens is 190 g/mol. The molecule has 0 radical (unpaired) electrons. The first-order valence-electron chi connectivity index (χ1n) is 4.21. The largest absolute Gasteiger partial charge is 0.505 e. The molecule has 78 valence electrons. The highest BCUT2D eigenvalue weighted by Crippen LogP contribution is 2.09. The summed E-state index contributed by atoms with van der Waals surface area (Å²) in [6.45, 7) is 1.81. The average molecular weight is 207 g/mol. The van der Waals surface area contributed by atoms with E-state index < -0.39 is 15.3 Å². The van der Waals surface area contributed by atoms with Crippen LogP contribution in [0.4, 0.5) is 0 Å². The van der Waals surface area contributed by atoms with E-state index in [1.54, 1.807) is 13.2 Å². The van der Waals surface area contributed by atoms with Gasteiger partial charge in [0.25, 0.3) is 0 Å². The van der Waals surface area contributed by atoms with Crippen molar-refractivity contribution in [3.05, 3.63) is 12.3 Å². The van der Waals surface area contributed by atoms with Crippen molar-refractivity contribution in [2.24, 2.45) is 5.14 Å². The lowest BCUT2D eigenvalue weighted by molar-refractivity contribution is 0.336. The minimum Gasteiger partial charge on any atom is -0.505 e. The summed E-state index contributed by atoms with van der Waals surface area (Å²) < 4.78 is 26.6. The van der Waals surface area contributed by atoms with E-state index in [0.29, 0.717) is 19.3 Å². The van der Waals surface area contributed by atoms with Crippen LogP contribution in [0.15, 0.2) is 12.3 Å². The maximum atomic E-state index is 10.9. The topological polar surface area (TPSA) is 69.4 Å². The molecule has 0 aliphatic carbocycles. The fraction of sp³-hybridized carbons (Fsp3) is 0.750. The zero-order chi connectivity index (χ0) is 10.3. The van der Waals surface area contributed by atoms with Crippen LogP contribution in [0.3, 0.4) is 0 Å². The molecule has 0 aromatic heterocycles. The Bertz CT molecular complexity index is 246. The summed E-state index contributed by atoms with van der Waals surface area (Å²) in [5.41, 5.74) is 0. The van der Waals surface area contributed by atoms with Gasteiger partial charge < -0.3 is 4.74 Å². The molecule has 0 aromatic rings. The van der Waals surface area contributed by atoms with Crippen molar-refractivity contribution in [1.29, 1.82) is 0 Å². The van der Waals surface area contributed by atoms with Crippen LogP contribution in [-0.4, -0.2) is 20.8 Å². The van der Waals surface area contributed by atoms with Crippen LogP contribution >= 0.6 is 0 Å². The molecule has 0 saturated heterocycles. The van der Waals surface area contributed by atoms with E-state index in [2.05, 4.69) is 4.74 Å². The molecular formula is C8H17NO3S. The first-order valence-corrected chi connectivity index (χ1v) is 5.82. The quantitative estimate of drug-likeness (QED) is 0.660. The lowest BCUT2D eigenvalue weighted by Crippen LogP contribution is -2.27. The minimum absolute atomic E-state index is 0.436. The molecule has 5 heteroatoms. The van der Waals surface area contributed by atoms with Crippen LogP contribution in [-0.2, 0) is 14.8 Å². The monoisotopic (exact) mass is 207 g/mol. The first-order chi connectivity index (χ1) is 6.02. The minimum atomic E-state index is -3.38. The second-order valence-corrected chi connectivity index (χ2v) is 4.65. The molecule has 0 aromatic carbocycles. The van der Waals surface area contributed by atoms with E-state index in [-0.39, 0.29) is 0 Å². The molecule has 0 amide bonds. The summed E-state index contributed by atoms with van der Waals surface area (Å²) in [6, 6.07) is 0. The Morgan fingerprint density at radius 2 is 2.15 bits per heavy atom. The molecule has 0 aliphatic heterocycles. The maximum Gasteiger partial charge on any atom is 0.211 e. The molecule has 0 spiro atoms. The second-order valence-electron chi connectivity index (χ2n) is 2.80. The summed E-state index contributed by atoms with van der Waals surface area (Å²) in [5.74, 6) is 0. The Labute approximate surface area is 79.8 Å². The van der Waals surface area contributed by atoms with E-state index in [1.165, 1.54) is 6.26 Å².